The molecular weight excluding hydrogens is 851 g/mol. The molecule has 1 radical (unpaired) electrons. The summed E-state index contributed by atoms with van der Waals surface area (Å²) in [5.41, 5.74) is 11.3. The van der Waals surface area contributed by atoms with Crippen molar-refractivity contribution in [3.63, 3.8) is 0 Å². The molecule has 6 heteroatoms. The van der Waals surface area contributed by atoms with Gasteiger partial charge in [0.2, 0.25) is 5.71 Å². The van der Waals surface area contributed by atoms with Crippen LogP contribution in [0.4, 0.5) is 0 Å². The van der Waals surface area contributed by atoms with Crippen LogP contribution in [-0.4, -0.2) is 28.2 Å². The fourth-order valence-electron chi connectivity index (χ4n) is 7.06. The quantitative estimate of drug-likeness (QED) is 0.123. The van der Waals surface area contributed by atoms with Crippen LogP contribution >= 0.6 is 0 Å². The number of aromatic nitrogens is 3. The van der Waals surface area contributed by atoms with Crippen LogP contribution in [0.25, 0.3) is 55.7 Å². The van der Waals surface area contributed by atoms with Crippen molar-refractivity contribution in [2.75, 3.05) is 0 Å². The van der Waals surface area contributed by atoms with Gasteiger partial charge in [0.15, 0.2) is 0 Å². The van der Waals surface area contributed by atoms with Gasteiger partial charge < -0.3 is 9.40 Å². The number of rotatable bonds is 6. The van der Waals surface area contributed by atoms with Gasteiger partial charge in [-0.05, 0) is 31.7 Å². The Morgan fingerprint density at radius 3 is 2.34 bits per heavy atom. The average Bonchev–Trinajstić information content (AvgIpc) is 3.76. The molecule has 0 bridgehead atoms. The molecule has 1 saturated carbocycles. The summed E-state index contributed by atoms with van der Waals surface area (Å²) >= 11 is -1.87. The second kappa shape index (κ2) is 15.6. The number of furan rings is 1. The molecule has 4 aromatic heterocycles. The van der Waals surface area contributed by atoms with Gasteiger partial charge in [0.05, 0.1) is 5.58 Å². The maximum Gasteiger partial charge on any atom is 0 e. The van der Waals surface area contributed by atoms with E-state index in [0.29, 0.717) is 5.71 Å². The molecule has 50 heavy (non-hydrogen) atoms. The Balaban J connectivity index is 0.000000173. The van der Waals surface area contributed by atoms with Crippen molar-refractivity contribution in [1.29, 1.82) is 0 Å². The molecule has 0 amide bonds. The van der Waals surface area contributed by atoms with E-state index in [-0.39, 0.29) is 20.1 Å². The first kappa shape index (κ1) is 35.9. The monoisotopic (exact) mass is 896 g/mol. The Kier molecular flexibility index (Phi) is 11.2. The Morgan fingerprint density at radius 2 is 1.62 bits per heavy atom. The zero-order chi connectivity index (χ0) is 34.0. The van der Waals surface area contributed by atoms with E-state index in [1.165, 1.54) is 32.1 Å². The van der Waals surface area contributed by atoms with Gasteiger partial charge >= 0.3 is 137 Å². The van der Waals surface area contributed by atoms with Crippen LogP contribution < -0.4 is 4.40 Å². The Morgan fingerprint density at radius 1 is 0.840 bits per heavy atom. The molecule has 3 aromatic carbocycles. The summed E-state index contributed by atoms with van der Waals surface area (Å²) in [6.07, 6.45) is 10.9. The number of hydrogen-bond donors (Lipinski definition) is 0. The average molecular weight is 895 g/mol. The number of hydrogen-bond acceptors (Lipinski definition) is 4. The second-order valence-corrected chi connectivity index (χ2v) is 25.0. The maximum absolute atomic E-state index is 6.25. The Hall–Kier alpha value is -3.90. The van der Waals surface area contributed by atoms with Crippen molar-refractivity contribution in [2.45, 2.75) is 63.2 Å². The molecule has 255 valence electrons. The molecule has 4 heterocycles. The van der Waals surface area contributed by atoms with E-state index in [0.717, 1.165) is 67.2 Å². The van der Waals surface area contributed by atoms with Crippen molar-refractivity contribution < 1.29 is 24.5 Å². The number of nitrogens with zero attached hydrogens (tertiary/aromatic N) is 3. The first-order valence-electron chi connectivity index (χ1n) is 17.4. The normalized spacial score (nSPS) is 13.2. The summed E-state index contributed by atoms with van der Waals surface area (Å²) in [6, 6.07) is 37.7. The van der Waals surface area contributed by atoms with Crippen molar-refractivity contribution in [3.05, 3.63) is 132 Å². The third-order valence-corrected chi connectivity index (χ3v) is 13.9. The predicted molar refractivity (Wildman–Crippen MR) is 206 cm³/mol. The van der Waals surface area contributed by atoms with Crippen LogP contribution in [0.2, 0.25) is 17.3 Å². The number of aryl methyl sites for hydroxylation is 2. The van der Waals surface area contributed by atoms with Crippen LogP contribution in [0.1, 0.15) is 42.5 Å². The molecule has 7 aromatic rings. The molecule has 8 rings (SSSR count). The zero-order valence-corrected chi connectivity index (χ0v) is 34.0. The summed E-state index contributed by atoms with van der Waals surface area (Å²) in [4.78, 5) is 13.9. The minimum Gasteiger partial charge on any atom is 0 e. The Labute approximate surface area is 312 Å². The molecule has 0 spiro atoms. The van der Waals surface area contributed by atoms with E-state index in [4.69, 9.17) is 9.40 Å². The van der Waals surface area contributed by atoms with E-state index in [9.17, 15) is 0 Å². The molecule has 0 N–H and O–H groups in total. The van der Waals surface area contributed by atoms with Crippen LogP contribution in [-0.2, 0) is 26.5 Å². The minimum absolute atomic E-state index is 0. The number of fused-ring (bicyclic) bond motifs is 3. The summed E-state index contributed by atoms with van der Waals surface area (Å²) in [6.45, 7) is 4.04. The molecule has 1 aliphatic rings. The third kappa shape index (κ3) is 7.86. The first-order chi connectivity index (χ1) is 23.7. The second-order valence-electron chi connectivity index (χ2n) is 14.4. The van der Waals surface area contributed by atoms with Crippen molar-refractivity contribution in [1.82, 2.24) is 15.0 Å². The van der Waals surface area contributed by atoms with E-state index < -0.39 is 13.3 Å². The smallest absolute Gasteiger partial charge is 0 e. The predicted octanol–water partition coefficient (Wildman–Crippen LogP) is 11.0. The summed E-state index contributed by atoms with van der Waals surface area (Å²) < 4.78 is 7.84. The van der Waals surface area contributed by atoms with Gasteiger partial charge in [-0.25, -0.2) is 4.98 Å². The summed E-state index contributed by atoms with van der Waals surface area (Å²) in [5, 5.41) is 2.00. The Bertz CT molecular complexity index is 2220. The molecule has 0 saturated heterocycles. The maximum atomic E-state index is 6.25. The van der Waals surface area contributed by atoms with Crippen molar-refractivity contribution in [2.24, 2.45) is 5.92 Å². The molecule has 1 fully saturated rings. The standard InChI is InChI=1S/C24H17N2O.C20H26GeN.Ir/c1-15-12-13-25-21(14-15)19-11-10-18(17-6-4-3-5-7-17)23-22(19)20-9-8-16(2)26-24(20)27-23;1-21(2,3)19-15-22-20(17-11-5-4-6-12-17)14-18(19)13-16-9-7-8-10-16;/h3-10,12-14H,1-2H3;4-6,11,14-16H,7-10,13H2,1-3H3;/q2*-1;. The number of benzene rings is 3. The van der Waals surface area contributed by atoms with Gasteiger partial charge in [-0.1, -0.05) is 64.5 Å². The molecule has 0 atom stereocenters. The summed E-state index contributed by atoms with van der Waals surface area (Å²) in [7, 11) is 0. The van der Waals surface area contributed by atoms with Gasteiger partial charge in [0.1, 0.15) is 0 Å². The van der Waals surface area contributed by atoms with E-state index in [2.05, 4.69) is 95.0 Å². The van der Waals surface area contributed by atoms with E-state index in [1.807, 2.05) is 61.7 Å². The molecule has 4 nitrogen and oxygen atoms in total. The SMILES string of the molecule is Cc1ccnc(-c2[c-]cc(-c3ccccc3)c3oc4nc(C)ccc4c23)c1.[CH3][Ge]([CH3])([CH3])[c]1cnc(-c2[c-]cccc2)cc1CC1CCCC1.[Ir]. The van der Waals surface area contributed by atoms with Gasteiger partial charge in [-0.3, -0.25) is 0 Å². The van der Waals surface area contributed by atoms with Gasteiger partial charge in [0.25, 0.3) is 0 Å². The molecule has 1 aliphatic carbocycles. The van der Waals surface area contributed by atoms with Crippen LogP contribution in [0.15, 0.2) is 108 Å². The first-order valence-corrected chi connectivity index (χ1v) is 24.8. The summed E-state index contributed by atoms with van der Waals surface area (Å²) in [5.74, 6) is 8.31. The largest absolute Gasteiger partial charge is 0 e. The van der Waals surface area contributed by atoms with Gasteiger partial charge in [-0.2, -0.15) is 0 Å². The molecule has 0 unspecified atom stereocenters. The van der Waals surface area contributed by atoms with Crippen LogP contribution in [0, 0.1) is 31.9 Å². The number of pyridine rings is 3. The molecule has 0 aliphatic heterocycles. The van der Waals surface area contributed by atoms with E-state index >= 15 is 0 Å². The molecular formula is C44H43GeIrN3O-2. The van der Waals surface area contributed by atoms with E-state index in [1.54, 1.807) is 9.96 Å². The van der Waals surface area contributed by atoms with Gasteiger partial charge in [-0.15, -0.1) is 17.7 Å². The van der Waals surface area contributed by atoms with Crippen molar-refractivity contribution in [3.8, 4) is 33.6 Å². The fourth-order valence-corrected chi connectivity index (χ4v) is 10.4. The van der Waals surface area contributed by atoms with Crippen LogP contribution in [0.5, 0.6) is 0 Å². The fraction of sp³-hybridized carbons (Fsp3) is 0.250. The zero-order valence-electron chi connectivity index (χ0n) is 29.5. The third-order valence-electron chi connectivity index (χ3n) is 9.57. The topological polar surface area (TPSA) is 51.8 Å². The van der Waals surface area contributed by atoms with Gasteiger partial charge in [0, 0.05) is 37.4 Å². The van der Waals surface area contributed by atoms with Crippen molar-refractivity contribution >= 4 is 39.7 Å². The van der Waals surface area contributed by atoms with Crippen LogP contribution in [0.3, 0.4) is 0 Å². The minimum atomic E-state index is -1.87.